The summed E-state index contributed by atoms with van der Waals surface area (Å²) in [5.41, 5.74) is 0. The zero-order valence-electron chi connectivity index (χ0n) is 6.25. The second kappa shape index (κ2) is 3.91. The molecule has 0 bridgehead atoms. The Morgan fingerprint density at radius 2 is 2.50 bits per heavy atom. The Kier molecular flexibility index (Phi) is 3.12. The van der Waals surface area contributed by atoms with Crippen LogP contribution in [-0.4, -0.2) is 38.1 Å². The molecule has 1 saturated heterocycles. The Morgan fingerprint density at radius 3 is 3.00 bits per heavy atom. The van der Waals surface area contributed by atoms with Crippen molar-refractivity contribution in [2.75, 3.05) is 26.9 Å². The van der Waals surface area contributed by atoms with E-state index in [4.69, 9.17) is 14.6 Å². The number of ether oxygens (including phenoxy) is 2. The van der Waals surface area contributed by atoms with E-state index in [1.165, 1.54) is 0 Å². The van der Waals surface area contributed by atoms with E-state index in [2.05, 4.69) is 0 Å². The van der Waals surface area contributed by atoms with Gasteiger partial charge in [0.05, 0.1) is 12.7 Å². The molecule has 3 heteroatoms. The molecule has 1 aliphatic heterocycles. The van der Waals surface area contributed by atoms with Gasteiger partial charge in [-0.3, -0.25) is 0 Å². The van der Waals surface area contributed by atoms with Crippen LogP contribution in [0.3, 0.4) is 0 Å². The fourth-order valence-corrected chi connectivity index (χ4v) is 1.23. The molecule has 10 heavy (non-hydrogen) atoms. The molecule has 0 saturated carbocycles. The quantitative estimate of drug-likeness (QED) is 0.597. The first-order valence-electron chi connectivity index (χ1n) is 3.60. The maximum absolute atomic E-state index is 8.86. The number of rotatable bonds is 2. The van der Waals surface area contributed by atoms with Gasteiger partial charge in [0.2, 0.25) is 0 Å². The summed E-state index contributed by atoms with van der Waals surface area (Å²) in [6.45, 7) is 1.59. The Hall–Kier alpha value is -0.120. The van der Waals surface area contributed by atoms with E-state index in [-0.39, 0.29) is 18.6 Å². The van der Waals surface area contributed by atoms with Crippen molar-refractivity contribution < 1.29 is 14.6 Å². The SMILES string of the molecule is COC1COCCC1CO. The lowest BCUT2D eigenvalue weighted by Crippen LogP contribution is -2.35. The number of hydrogen-bond acceptors (Lipinski definition) is 3. The molecule has 0 aliphatic carbocycles. The molecular formula is C7H14O3. The molecule has 1 aliphatic rings. The van der Waals surface area contributed by atoms with Gasteiger partial charge >= 0.3 is 0 Å². The predicted molar refractivity (Wildman–Crippen MR) is 36.8 cm³/mol. The lowest BCUT2D eigenvalue weighted by molar-refractivity contribution is -0.0780. The summed E-state index contributed by atoms with van der Waals surface area (Å²) in [5.74, 6) is 0.277. The van der Waals surface area contributed by atoms with E-state index >= 15 is 0 Å². The average molecular weight is 146 g/mol. The Bertz CT molecular complexity index is 82.9. The van der Waals surface area contributed by atoms with Crippen molar-refractivity contribution in [3.8, 4) is 0 Å². The van der Waals surface area contributed by atoms with Crippen LogP contribution < -0.4 is 0 Å². The first kappa shape index (κ1) is 7.98. The van der Waals surface area contributed by atoms with Gasteiger partial charge in [-0.15, -0.1) is 0 Å². The van der Waals surface area contributed by atoms with Crippen LogP contribution in [0, 0.1) is 5.92 Å². The summed E-state index contributed by atoms with van der Waals surface area (Å²) >= 11 is 0. The Labute approximate surface area is 60.9 Å². The zero-order chi connectivity index (χ0) is 7.40. The highest BCUT2D eigenvalue weighted by Crippen LogP contribution is 2.16. The van der Waals surface area contributed by atoms with E-state index in [1.807, 2.05) is 0 Å². The van der Waals surface area contributed by atoms with Crippen molar-refractivity contribution in [1.29, 1.82) is 0 Å². The minimum absolute atomic E-state index is 0.0961. The second-order valence-corrected chi connectivity index (χ2v) is 2.58. The summed E-state index contributed by atoms with van der Waals surface area (Å²) in [6, 6.07) is 0. The van der Waals surface area contributed by atoms with E-state index in [9.17, 15) is 0 Å². The van der Waals surface area contributed by atoms with Crippen molar-refractivity contribution in [2.24, 2.45) is 5.92 Å². The fourth-order valence-electron chi connectivity index (χ4n) is 1.23. The summed E-state index contributed by atoms with van der Waals surface area (Å²) < 4.78 is 10.3. The van der Waals surface area contributed by atoms with Crippen LogP contribution in [-0.2, 0) is 9.47 Å². The van der Waals surface area contributed by atoms with Crippen molar-refractivity contribution >= 4 is 0 Å². The topological polar surface area (TPSA) is 38.7 Å². The molecule has 1 rings (SSSR count). The molecule has 1 fully saturated rings. The van der Waals surface area contributed by atoms with Crippen LogP contribution in [0.4, 0.5) is 0 Å². The fraction of sp³-hybridized carbons (Fsp3) is 1.00. The summed E-state index contributed by atoms with van der Waals surface area (Å²) in [7, 11) is 1.65. The van der Waals surface area contributed by atoms with Crippen LogP contribution in [0.2, 0.25) is 0 Å². The molecule has 60 valence electrons. The molecule has 2 unspecified atom stereocenters. The van der Waals surface area contributed by atoms with Gasteiger partial charge in [-0.05, 0) is 6.42 Å². The van der Waals surface area contributed by atoms with Gasteiger partial charge in [0.25, 0.3) is 0 Å². The van der Waals surface area contributed by atoms with E-state index in [0.717, 1.165) is 13.0 Å². The van der Waals surface area contributed by atoms with E-state index in [0.29, 0.717) is 6.61 Å². The van der Waals surface area contributed by atoms with E-state index < -0.39 is 0 Å². The normalized spacial score (nSPS) is 34.2. The first-order valence-corrected chi connectivity index (χ1v) is 3.60. The maximum Gasteiger partial charge on any atom is 0.0855 e. The molecule has 0 spiro atoms. The first-order chi connectivity index (χ1) is 4.88. The van der Waals surface area contributed by atoms with Gasteiger partial charge in [-0.1, -0.05) is 0 Å². The van der Waals surface area contributed by atoms with Crippen molar-refractivity contribution in [3.05, 3.63) is 0 Å². The third-order valence-electron chi connectivity index (χ3n) is 1.98. The lowest BCUT2D eigenvalue weighted by Gasteiger charge is -2.28. The molecule has 0 aromatic rings. The standard InChI is InChI=1S/C7H14O3/c1-9-7-5-10-3-2-6(7)4-8/h6-8H,2-5H2,1H3. The molecule has 1 heterocycles. The lowest BCUT2D eigenvalue weighted by atomic mass is 9.98. The monoisotopic (exact) mass is 146 g/mol. The molecule has 1 N–H and O–H groups in total. The van der Waals surface area contributed by atoms with Crippen LogP contribution in [0.25, 0.3) is 0 Å². The molecule has 3 nitrogen and oxygen atoms in total. The second-order valence-electron chi connectivity index (χ2n) is 2.58. The highest BCUT2D eigenvalue weighted by atomic mass is 16.5. The van der Waals surface area contributed by atoms with Gasteiger partial charge in [0.1, 0.15) is 0 Å². The highest BCUT2D eigenvalue weighted by molar-refractivity contribution is 4.72. The van der Waals surface area contributed by atoms with Crippen molar-refractivity contribution in [1.82, 2.24) is 0 Å². The summed E-state index contributed by atoms with van der Waals surface area (Å²) in [6.07, 6.45) is 1.01. The Morgan fingerprint density at radius 1 is 1.70 bits per heavy atom. The maximum atomic E-state index is 8.86. The minimum Gasteiger partial charge on any atom is -0.396 e. The molecule has 0 radical (unpaired) electrons. The van der Waals surface area contributed by atoms with Gasteiger partial charge in [-0.25, -0.2) is 0 Å². The van der Waals surface area contributed by atoms with Crippen molar-refractivity contribution in [2.45, 2.75) is 12.5 Å². The summed E-state index contributed by atoms with van der Waals surface area (Å²) in [5, 5.41) is 8.86. The van der Waals surface area contributed by atoms with Crippen LogP contribution >= 0.6 is 0 Å². The average Bonchev–Trinajstić information content (AvgIpc) is 2.04. The Balaban J connectivity index is 2.34. The number of methoxy groups -OCH3 is 1. The van der Waals surface area contributed by atoms with Gasteiger partial charge < -0.3 is 14.6 Å². The third kappa shape index (κ3) is 1.68. The van der Waals surface area contributed by atoms with Crippen LogP contribution in [0.15, 0.2) is 0 Å². The van der Waals surface area contributed by atoms with Gasteiger partial charge in [-0.2, -0.15) is 0 Å². The highest BCUT2D eigenvalue weighted by Gasteiger charge is 2.24. The molecular weight excluding hydrogens is 132 g/mol. The largest absolute Gasteiger partial charge is 0.396 e. The van der Waals surface area contributed by atoms with Gasteiger partial charge in [0.15, 0.2) is 0 Å². The minimum atomic E-state index is 0.0961. The smallest absolute Gasteiger partial charge is 0.0855 e. The number of aliphatic hydroxyl groups is 1. The molecule has 0 aromatic carbocycles. The summed E-state index contributed by atoms with van der Waals surface area (Å²) in [4.78, 5) is 0. The number of aliphatic hydroxyl groups excluding tert-OH is 1. The third-order valence-corrected chi connectivity index (χ3v) is 1.98. The number of hydrogen-bond donors (Lipinski definition) is 1. The zero-order valence-corrected chi connectivity index (χ0v) is 6.25. The predicted octanol–water partition coefficient (Wildman–Crippen LogP) is 0.0302. The van der Waals surface area contributed by atoms with Gasteiger partial charge in [0, 0.05) is 26.2 Å². The molecule has 2 atom stereocenters. The molecule has 0 aromatic heterocycles. The van der Waals surface area contributed by atoms with Crippen LogP contribution in [0.1, 0.15) is 6.42 Å². The molecule has 0 amide bonds. The van der Waals surface area contributed by atoms with Crippen molar-refractivity contribution in [3.63, 3.8) is 0 Å². The van der Waals surface area contributed by atoms with Crippen LogP contribution in [0.5, 0.6) is 0 Å². The van der Waals surface area contributed by atoms with E-state index in [1.54, 1.807) is 7.11 Å².